The summed E-state index contributed by atoms with van der Waals surface area (Å²) >= 11 is 0. The number of benzene rings is 3. The molecule has 3 aromatic carbocycles. The van der Waals surface area contributed by atoms with Crippen LogP contribution in [-0.4, -0.2) is 38.2 Å². The molecule has 0 radical (unpaired) electrons. The van der Waals surface area contributed by atoms with Crippen molar-refractivity contribution in [3.05, 3.63) is 131 Å². The number of hydrogen-bond donors (Lipinski definition) is 0. The first-order chi connectivity index (χ1) is 22.2. The van der Waals surface area contributed by atoms with Crippen LogP contribution in [0.5, 0.6) is 11.5 Å². The van der Waals surface area contributed by atoms with Gasteiger partial charge in [0, 0.05) is 24.2 Å². The number of methoxy groups -OCH3 is 1. The first-order valence-electron chi connectivity index (χ1n) is 15.5. The standard InChI is InChI=1S/C37H42N2O6SSi/c1-27-15-18-31(19-16-27)46(41,42)39-23-21-33(38-22-11-14-29(38)26-45-47(6,7)37(2,3)4)35(39)36(40)32-20-17-30(24-34(32)43-5)44-25-28-12-9-8-10-13-28/h8-24H,25-26H2,1-7H3. The van der Waals surface area contributed by atoms with Gasteiger partial charge >= 0.3 is 0 Å². The smallest absolute Gasteiger partial charge is 0.268 e. The van der Waals surface area contributed by atoms with E-state index in [2.05, 4.69) is 33.9 Å². The Labute approximate surface area is 278 Å². The van der Waals surface area contributed by atoms with Gasteiger partial charge in [-0.2, -0.15) is 0 Å². The van der Waals surface area contributed by atoms with E-state index in [0.29, 0.717) is 24.7 Å². The highest BCUT2D eigenvalue weighted by molar-refractivity contribution is 7.90. The highest BCUT2D eigenvalue weighted by Crippen LogP contribution is 2.38. The van der Waals surface area contributed by atoms with Gasteiger partial charge in [-0.15, -0.1) is 0 Å². The molecular formula is C37H42N2O6SSi. The van der Waals surface area contributed by atoms with Gasteiger partial charge in [0.25, 0.3) is 10.0 Å². The highest BCUT2D eigenvalue weighted by atomic mass is 32.2. The molecule has 0 saturated heterocycles. The fraction of sp³-hybridized carbons (Fsp3) is 0.270. The maximum atomic E-state index is 14.6. The monoisotopic (exact) mass is 670 g/mol. The minimum atomic E-state index is -4.15. The van der Waals surface area contributed by atoms with Crippen molar-refractivity contribution in [1.29, 1.82) is 0 Å². The molecule has 0 aliphatic heterocycles. The number of hydrogen-bond acceptors (Lipinski definition) is 6. The summed E-state index contributed by atoms with van der Waals surface area (Å²) in [5.74, 6) is 0.263. The van der Waals surface area contributed by atoms with Gasteiger partial charge in [-0.3, -0.25) is 4.79 Å². The molecule has 246 valence electrons. The van der Waals surface area contributed by atoms with E-state index in [1.54, 1.807) is 48.5 Å². The Bertz CT molecular complexity index is 1970. The van der Waals surface area contributed by atoms with E-state index in [0.717, 1.165) is 20.8 Å². The summed E-state index contributed by atoms with van der Waals surface area (Å²) in [6.07, 6.45) is 3.25. The van der Waals surface area contributed by atoms with E-state index in [4.69, 9.17) is 13.9 Å². The zero-order chi connectivity index (χ0) is 34.0. The van der Waals surface area contributed by atoms with Crippen LogP contribution in [0.15, 0.2) is 108 Å². The first kappa shape index (κ1) is 34.0. The van der Waals surface area contributed by atoms with Crippen LogP contribution in [0.25, 0.3) is 5.69 Å². The molecule has 0 aliphatic rings. The number of aromatic nitrogens is 2. The molecule has 0 aliphatic carbocycles. The van der Waals surface area contributed by atoms with E-state index in [-0.39, 0.29) is 26.9 Å². The normalized spacial score (nSPS) is 12.2. The Kier molecular flexibility index (Phi) is 9.67. The third-order valence-electron chi connectivity index (χ3n) is 8.77. The lowest BCUT2D eigenvalue weighted by Gasteiger charge is -2.36. The quantitative estimate of drug-likeness (QED) is 0.0983. The van der Waals surface area contributed by atoms with E-state index in [1.807, 2.05) is 60.2 Å². The van der Waals surface area contributed by atoms with Crippen molar-refractivity contribution in [3.8, 4) is 17.2 Å². The Balaban J connectivity index is 1.59. The van der Waals surface area contributed by atoms with Crippen LogP contribution in [0.4, 0.5) is 0 Å². The van der Waals surface area contributed by atoms with Gasteiger partial charge in [-0.05, 0) is 73.1 Å². The van der Waals surface area contributed by atoms with E-state index in [9.17, 15) is 13.2 Å². The molecule has 0 atom stereocenters. The Morgan fingerprint density at radius 1 is 0.851 bits per heavy atom. The van der Waals surface area contributed by atoms with Crippen molar-refractivity contribution < 1.29 is 27.1 Å². The summed E-state index contributed by atoms with van der Waals surface area (Å²) in [4.78, 5) is 14.6. The van der Waals surface area contributed by atoms with Gasteiger partial charge in [-0.25, -0.2) is 12.4 Å². The van der Waals surface area contributed by atoms with Gasteiger partial charge in [-0.1, -0.05) is 68.8 Å². The van der Waals surface area contributed by atoms with Crippen LogP contribution in [0.1, 0.15) is 53.6 Å². The van der Waals surface area contributed by atoms with E-state index >= 15 is 0 Å². The molecule has 47 heavy (non-hydrogen) atoms. The van der Waals surface area contributed by atoms with Crippen molar-refractivity contribution in [2.45, 2.75) is 63.9 Å². The van der Waals surface area contributed by atoms with Crippen LogP contribution in [-0.2, 0) is 27.7 Å². The minimum Gasteiger partial charge on any atom is -0.496 e. The Hall–Kier alpha value is -4.38. The van der Waals surface area contributed by atoms with Crippen molar-refractivity contribution in [2.75, 3.05) is 7.11 Å². The van der Waals surface area contributed by atoms with Gasteiger partial charge in [0.05, 0.1) is 29.9 Å². The maximum absolute atomic E-state index is 14.6. The summed E-state index contributed by atoms with van der Waals surface area (Å²) in [5.41, 5.74) is 3.31. The number of rotatable bonds is 12. The van der Waals surface area contributed by atoms with Gasteiger partial charge in [0.15, 0.2) is 8.32 Å². The van der Waals surface area contributed by atoms with Gasteiger partial charge in [0.2, 0.25) is 5.78 Å². The number of nitrogens with zero attached hydrogens (tertiary/aromatic N) is 2. The molecule has 8 nitrogen and oxygen atoms in total. The van der Waals surface area contributed by atoms with Crippen LogP contribution in [0, 0.1) is 6.92 Å². The fourth-order valence-corrected chi connectivity index (χ4v) is 7.18. The predicted molar refractivity (Wildman–Crippen MR) is 187 cm³/mol. The SMILES string of the molecule is COc1cc(OCc2ccccc2)ccc1C(=O)c1c(-n2cccc2CO[Si](C)(C)C(C)(C)C)ccn1S(=O)(=O)c1ccc(C)cc1. The molecule has 5 aromatic rings. The molecule has 0 fully saturated rings. The summed E-state index contributed by atoms with van der Waals surface area (Å²) in [7, 11) is -4.78. The minimum absolute atomic E-state index is 0.00448. The number of carbonyl (C=O) groups is 1. The van der Waals surface area contributed by atoms with Crippen molar-refractivity contribution in [3.63, 3.8) is 0 Å². The molecule has 10 heteroatoms. The molecule has 5 rings (SSSR count). The molecule has 0 bridgehead atoms. The van der Waals surface area contributed by atoms with Gasteiger partial charge < -0.3 is 18.5 Å². The van der Waals surface area contributed by atoms with Crippen molar-refractivity contribution in [1.82, 2.24) is 8.54 Å². The number of carbonyl (C=O) groups excluding carboxylic acids is 1. The number of ketones is 1. The lowest BCUT2D eigenvalue weighted by molar-refractivity contribution is 0.103. The summed E-state index contributed by atoms with van der Waals surface area (Å²) in [5, 5.41) is 0.00448. The van der Waals surface area contributed by atoms with Crippen LogP contribution < -0.4 is 9.47 Å². The zero-order valence-electron chi connectivity index (χ0n) is 28.0. The molecule has 2 aromatic heterocycles. The van der Waals surface area contributed by atoms with Crippen LogP contribution >= 0.6 is 0 Å². The predicted octanol–water partition coefficient (Wildman–Crippen LogP) is 8.16. The third-order valence-corrected chi connectivity index (χ3v) is 14.9. The molecule has 0 spiro atoms. The Morgan fingerprint density at radius 3 is 2.21 bits per heavy atom. The molecule has 0 saturated carbocycles. The topological polar surface area (TPSA) is 88.8 Å². The molecule has 0 N–H and O–H groups in total. The molecular weight excluding hydrogens is 629 g/mol. The molecule has 2 heterocycles. The highest BCUT2D eigenvalue weighted by Gasteiger charge is 2.37. The summed E-state index contributed by atoms with van der Waals surface area (Å²) in [6, 6.07) is 26.7. The number of aryl methyl sites for hydroxylation is 1. The number of ether oxygens (including phenoxy) is 2. The lowest BCUT2D eigenvalue weighted by Crippen LogP contribution is -2.40. The second-order valence-electron chi connectivity index (χ2n) is 13.0. The lowest BCUT2D eigenvalue weighted by atomic mass is 10.1. The molecule has 0 unspecified atom stereocenters. The van der Waals surface area contributed by atoms with Crippen molar-refractivity contribution in [2.24, 2.45) is 0 Å². The largest absolute Gasteiger partial charge is 0.496 e. The molecule has 0 amide bonds. The zero-order valence-corrected chi connectivity index (χ0v) is 29.8. The maximum Gasteiger partial charge on any atom is 0.268 e. The fourth-order valence-electron chi connectivity index (χ4n) is 4.90. The van der Waals surface area contributed by atoms with Crippen LogP contribution in [0.3, 0.4) is 0 Å². The van der Waals surface area contributed by atoms with Crippen molar-refractivity contribution >= 4 is 24.1 Å². The average molecular weight is 671 g/mol. The third kappa shape index (κ3) is 7.14. The summed E-state index contributed by atoms with van der Waals surface area (Å²) in [6.45, 7) is 13.4. The summed E-state index contributed by atoms with van der Waals surface area (Å²) < 4.78 is 49.2. The van der Waals surface area contributed by atoms with E-state index < -0.39 is 24.1 Å². The van der Waals surface area contributed by atoms with Crippen LogP contribution in [0.2, 0.25) is 18.1 Å². The first-order valence-corrected chi connectivity index (χ1v) is 19.8. The van der Waals surface area contributed by atoms with E-state index in [1.165, 1.54) is 13.3 Å². The van der Waals surface area contributed by atoms with Gasteiger partial charge in [0.1, 0.15) is 23.8 Å². The average Bonchev–Trinajstić information content (AvgIpc) is 3.70. The second-order valence-corrected chi connectivity index (χ2v) is 19.7. The second kappa shape index (κ2) is 13.4. The Morgan fingerprint density at radius 2 is 1.55 bits per heavy atom.